The molecule has 1 amide bonds. The largest absolute Gasteiger partial charge is 0.481 e. The van der Waals surface area contributed by atoms with Gasteiger partial charge in [0.1, 0.15) is 0 Å². The van der Waals surface area contributed by atoms with E-state index in [9.17, 15) is 9.59 Å². The Morgan fingerprint density at radius 3 is 2.68 bits per heavy atom. The van der Waals surface area contributed by atoms with Crippen molar-refractivity contribution in [2.75, 3.05) is 26.7 Å². The lowest BCUT2D eigenvalue weighted by molar-refractivity contribution is -0.147. The molecule has 1 N–H and O–H groups in total. The van der Waals surface area contributed by atoms with Crippen LogP contribution >= 0.6 is 0 Å². The summed E-state index contributed by atoms with van der Waals surface area (Å²) in [6.07, 6.45) is 5.98. The lowest BCUT2D eigenvalue weighted by atomic mass is 9.98. The Kier molecular flexibility index (Phi) is 4.80. The molecule has 0 spiro atoms. The Balaban J connectivity index is 1.79. The zero-order valence-electron chi connectivity index (χ0n) is 11.7. The molecule has 108 valence electrons. The molecule has 1 saturated carbocycles. The maximum atomic E-state index is 11.8. The van der Waals surface area contributed by atoms with Crippen LogP contribution in [-0.4, -0.2) is 59.5 Å². The van der Waals surface area contributed by atoms with E-state index in [1.165, 1.54) is 25.7 Å². The summed E-state index contributed by atoms with van der Waals surface area (Å²) in [5.41, 5.74) is 0. The summed E-state index contributed by atoms with van der Waals surface area (Å²) in [6, 6.07) is 0.648. The van der Waals surface area contributed by atoms with E-state index in [-0.39, 0.29) is 11.8 Å². The normalized spacial score (nSPS) is 25.3. The van der Waals surface area contributed by atoms with Gasteiger partial charge in [-0.05, 0) is 26.3 Å². The van der Waals surface area contributed by atoms with E-state index in [1.54, 1.807) is 4.90 Å². The zero-order valence-corrected chi connectivity index (χ0v) is 11.7. The van der Waals surface area contributed by atoms with Crippen LogP contribution in [0.3, 0.4) is 0 Å². The lowest BCUT2D eigenvalue weighted by Crippen LogP contribution is -2.46. The molecule has 19 heavy (non-hydrogen) atoms. The Morgan fingerprint density at radius 2 is 2.05 bits per heavy atom. The van der Waals surface area contributed by atoms with Crippen molar-refractivity contribution < 1.29 is 14.7 Å². The van der Waals surface area contributed by atoms with Crippen molar-refractivity contribution >= 4 is 11.9 Å². The van der Waals surface area contributed by atoms with Gasteiger partial charge in [0.15, 0.2) is 0 Å². The standard InChI is InChI=1S/C14H24N2O3/c1-15(12-4-2-3-5-12)8-9-16-10-11(14(18)19)6-7-13(16)17/h11-12H,2-10H2,1H3,(H,18,19). The van der Waals surface area contributed by atoms with Gasteiger partial charge in [0.25, 0.3) is 0 Å². The molecule has 0 aromatic carbocycles. The minimum absolute atomic E-state index is 0.109. The minimum Gasteiger partial charge on any atom is -0.481 e. The number of hydrogen-bond donors (Lipinski definition) is 1. The first-order valence-corrected chi connectivity index (χ1v) is 7.28. The van der Waals surface area contributed by atoms with Crippen molar-refractivity contribution in [3.05, 3.63) is 0 Å². The second-order valence-electron chi connectivity index (χ2n) is 5.83. The molecule has 0 radical (unpaired) electrons. The van der Waals surface area contributed by atoms with E-state index in [1.807, 2.05) is 0 Å². The predicted octanol–water partition coefficient (Wildman–Crippen LogP) is 1.18. The predicted molar refractivity (Wildman–Crippen MR) is 71.8 cm³/mol. The first-order valence-electron chi connectivity index (χ1n) is 7.28. The minimum atomic E-state index is -0.776. The van der Waals surface area contributed by atoms with E-state index in [0.717, 1.165) is 6.54 Å². The molecule has 1 atom stereocenters. The molecule has 5 heteroatoms. The third-order valence-corrected chi connectivity index (χ3v) is 4.52. The number of nitrogens with zero attached hydrogens (tertiary/aromatic N) is 2. The summed E-state index contributed by atoms with van der Waals surface area (Å²) in [5, 5.41) is 9.04. The molecule has 1 saturated heterocycles. The number of carboxylic acids is 1. The van der Waals surface area contributed by atoms with Crippen LogP contribution in [0.4, 0.5) is 0 Å². The first kappa shape index (κ1) is 14.3. The third-order valence-electron chi connectivity index (χ3n) is 4.52. The van der Waals surface area contributed by atoms with Crippen molar-refractivity contribution in [3.63, 3.8) is 0 Å². The van der Waals surface area contributed by atoms with E-state index in [0.29, 0.717) is 32.0 Å². The van der Waals surface area contributed by atoms with Gasteiger partial charge in [0.05, 0.1) is 5.92 Å². The number of hydrogen-bond acceptors (Lipinski definition) is 3. The molecule has 1 unspecified atom stereocenters. The quantitative estimate of drug-likeness (QED) is 0.813. The molecule has 2 fully saturated rings. The van der Waals surface area contributed by atoms with E-state index < -0.39 is 5.97 Å². The molecular weight excluding hydrogens is 244 g/mol. The highest BCUT2D eigenvalue weighted by molar-refractivity contribution is 5.80. The highest BCUT2D eigenvalue weighted by Crippen LogP contribution is 2.22. The summed E-state index contributed by atoms with van der Waals surface area (Å²) in [7, 11) is 2.11. The number of rotatable bonds is 5. The smallest absolute Gasteiger partial charge is 0.308 e. The van der Waals surface area contributed by atoms with E-state index in [2.05, 4.69) is 11.9 Å². The van der Waals surface area contributed by atoms with Crippen LogP contribution in [0.2, 0.25) is 0 Å². The molecule has 0 aromatic heterocycles. The maximum absolute atomic E-state index is 11.8. The van der Waals surface area contributed by atoms with Gasteiger partial charge in [-0.25, -0.2) is 0 Å². The Hall–Kier alpha value is -1.10. The topological polar surface area (TPSA) is 60.9 Å². The van der Waals surface area contributed by atoms with Crippen LogP contribution < -0.4 is 0 Å². The summed E-state index contributed by atoms with van der Waals surface area (Å²) in [6.45, 7) is 1.89. The maximum Gasteiger partial charge on any atom is 0.308 e. The number of likely N-dealkylation sites (N-methyl/N-ethyl adjacent to an activating group) is 1. The van der Waals surface area contributed by atoms with Gasteiger partial charge < -0.3 is 14.9 Å². The lowest BCUT2D eigenvalue weighted by Gasteiger charge is -2.33. The van der Waals surface area contributed by atoms with Crippen molar-refractivity contribution in [2.24, 2.45) is 5.92 Å². The second kappa shape index (κ2) is 6.37. The molecule has 1 aliphatic heterocycles. The van der Waals surface area contributed by atoms with Gasteiger partial charge in [0, 0.05) is 32.1 Å². The van der Waals surface area contributed by atoms with Gasteiger partial charge >= 0.3 is 5.97 Å². The van der Waals surface area contributed by atoms with Gasteiger partial charge in [0.2, 0.25) is 5.91 Å². The van der Waals surface area contributed by atoms with Crippen LogP contribution in [0.25, 0.3) is 0 Å². The monoisotopic (exact) mass is 268 g/mol. The SMILES string of the molecule is CN(CCN1CC(C(=O)O)CCC1=O)C1CCCC1. The Bertz CT molecular complexity index is 340. The molecule has 1 heterocycles. The number of likely N-dealkylation sites (tertiary alicyclic amines) is 1. The highest BCUT2D eigenvalue weighted by atomic mass is 16.4. The van der Waals surface area contributed by atoms with Crippen LogP contribution in [-0.2, 0) is 9.59 Å². The molecular formula is C14H24N2O3. The van der Waals surface area contributed by atoms with E-state index in [4.69, 9.17) is 5.11 Å². The average molecular weight is 268 g/mol. The van der Waals surface area contributed by atoms with Gasteiger partial charge in [-0.2, -0.15) is 0 Å². The number of aliphatic carboxylic acids is 1. The summed E-state index contributed by atoms with van der Waals surface area (Å²) in [5.74, 6) is -1.05. The van der Waals surface area contributed by atoms with Crippen LogP contribution in [0.15, 0.2) is 0 Å². The molecule has 0 aromatic rings. The van der Waals surface area contributed by atoms with Crippen LogP contribution in [0.5, 0.6) is 0 Å². The fourth-order valence-corrected chi connectivity index (χ4v) is 3.14. The molecule has 0 bridgehead atoms. The van der Waals surface area contributed by atoms with Gasteiger partial charge in [-0.3, -0.25) is 9.59 Å². The van der Waals surface area contributed by atoms with Crippen molar-refractivity contribution in [3.8, 4) is 0 Å². The number of carbonyl (C=O) groups excluding carboxylic acids is 1. The number of carbonyl (C=O) groups is 2. The highest BCUT2D eigenvalue weighted by Gasteiger charge is 2.30. The van der Waals surface area contributed by atoms with Crippen molar-refractivity contribution in [1.82, 2.24) is 9.80 Å². The van der Waals surface area contributed by atoms with Crippen LogP contribution in [0.1, 0.15) is 38.5 Å². The summed E-state index contributed by atoms with van der Waals surface area (Å²) >= 11 is 0. The summed E-state index contributed by atoms with van der Waals surface area (Å²) < 4.78 is 0. The number of amides is 1. The Labute approximate surface area is 114 Å². The Morgan fingerprint density at radius 1 is 1.37 bits per heavy atom. The molecule has 1 aliphatic carbocycles. The van der Waals surface area contributed by atoms with E-state index >= 15 is 0 Å². The van der Waals surface area contributed by atoms with Gasteiger partial charge in [-0.1, -0.05) is 12.8 Å². The zero-order chi connectivity index (χ0) is 13.8. The third kappa shape index (κ3) is 3.69. The fraction of sp³-hybridized carbons (Fsp3) is 0.857. The van der Waals surface area contributed by atoms with Gasteiger partial charge in [-0.15, -0.1) is 0 Å². The number of carboxylic acid groups (broad SMARTS) is 1. The van der Waals surface area contributed by atoms with Crippen LogP contribution in [0, 0.1) is 5.92 Å². The summed E-state index contributed by atoms with van der Waals surface area (Å²) in [4.78, 5) is 26.9. The molecule has 5 nitrogen and oxygen atoms in total. The van der Waals surface area contributed by atoms with Crippen molar-refractivity contribution in [1.29, 1.82) is 0 Å². The first-order chi connectivity index (χ1) is 9.08. The average Bonchev–Trinajstić information content (AvgIpc) is 2.91. The van der Waals surface area contributed by atoms with Crippen molar-refractivity contribution in [2.45, 2.75) is 44.6 Å². The fourth-order valence-electron chi connectivity index (χ4n) is 3.14. The molecule has 2 aliphatic rings. The number of piperidine rings is 1. The second-order valence-corrected chi connectivity index (χ2v) is 5.83. The molecule has 2 rings (SSSR count).